The number of ketones is 1. The zero-order valence-corrected chi connectivity index (χ0v) is 10.6. The Balaban J connectivity index is 2.32. The van der Waals surface area contributed by atoms with Gasteiger partial charge in [-0.05, 0) is 31.6 Å². The fraction of sp³-hybridized carbons (Fsp3) is 0.286. The third-order valence-corrected chi connectivity index (χ3v) is 2.59. The van der Waals surface area contributed by atoms with Crippen molar-refractivity contribution in [3.8, 4) is 11.5 Å². The smallest absolute Gasteiger partial charge is 0.310 e. The Morgan fingerprint density at radius 2 is 2.06 bits per heavy atom. The summed E-state index contributed by atoms with van der Waals surface area (Å²) in [6.07, 6.45) is 0.302. The summed E-state index contributed by atoms with van der Waals surface area (Å²) in [4.78, 5) is 23.1. The molecule has 1 aliphatic heterocycles. The summed E-state index contributed by atoms with van der Waals surface area (Å²) in [7, 11) is 0. The van der Waals surface area contributed by atoms with E-state index in [2.05, 4.69) is 0 Å². The number of hydrogen-bond acceptors (Lipinski definition) is 4. The molecule has 4 nitrogen and oxygen atoms in total. The van der Waals surface area contributed by atoms with Crippen LogP contribution in [0, 0.1) is 0 Å². The van der Waals surface area contributed by atoms with E-state index in [9.17, 15) is 9.59 Å². The molecule has 0 bridgehead atoms. The van der Waals surface area contributed by atoms with Crippen LogP contribution in [-0.2, 0) is 4.79 Å². The molecule has 0 saturated heterocycles. The lowest BCUT2D eigenvalue weighted by molar-refractivity contribution is -0.134. The quantitative estimate of drug-likeness (QED) is 0.457. The number of carbonyl (C=O) groups excluding carboxylic acids is 2. The molecular formula is C14H14O4. The van der Waals surface area contributed by atoms with Crippen molar-refractivity contribution in [3.05, 3.63) is 35.1 Å². The Morgan fingerprint density at radius 1 is 1.33 bits per heavy atom. The molecule has 1 aliphatic rings. The van der Waals surface area contributed by atoms with Gasteiger partial charge in [0.1, 0.15) is 11.5 Å². The highest BCUT2D eigenvalue weighted by atomic mass is 16.5. The molecule has 18 heavy (non-hydrogen) atoms. The average molecular weight is 246 g/mol. The minimum Gasteiger partial charge on any atom is -0.452 e. The van der Waals surface area contributed by atoms with Gasteiger partial charge in [0.05, 0.1) is 5.56 Å². The first kappa shape index (κ1) is 12.4. The monoisotopic (exact) mass is 246 g/mol. The van der Waals surface area contributed by atoms with Crippen LogP contribution in [0.5, 0.6) is 11.5 Å². The van der Waals surface area contributed by atoms with Crippen LogP contribution in [0.15, 0.2) is 29.5 Å². The minimum absolute atomic E-state index is 0.127. The van der Waals surface area contributed by atoms with Crippen LogP contribution in [-0.4, -0.2) is 11.8 Å². The lowest BCUT2D eigenvalue weighted by Crippen LogP contribution is -2.05. The number of rotatable bonds is 2. The van der Waals surface area contributed by atoms with Gasteiger partial charge in [0.25, 0.3) is 0 Å². The summed E-state index contributed by atoms with van der Waals surface area (Å²) in [6.45, 7) is 5.35. The molecule has 0 spiro atoms. The molecule has 1 heterocycles. The van der Waals surface area contributed by atoms with Gasteiger partial charge in [0.2, 0.25) is 5.78 Å². The van der Waals surface area contributed by atoms with Crippen molar-refractivity contribution in [3.63, 3.8) is 0 Å². The molecule has 0 amide bonds. The number of fused-ring (bicyclic) bond motifs is 1. The molecule has 0 N–H and O–H groups in total. The summed E-state index contributed by atoms with van der Waals surface area (Å²) in [6, 6.07) is 4.78. The second-order valence-electron chi connectivity index (χ2n) is 4.25. The second kappa shape index (κ2) is 4.64. The minimum atomic E-state index is -0.318. The van der Waals surface area contributed by atoms with E-state index >= 15 is 0 Å². The van der Waals surface area contributed by atoms with Gasteiger partial charge in [0, 0.05) is 12.5 Å². The van der Waals surface area contributed by atoms with E-state index in [1.807, 2.05) is 13.8 Å². The van der Waals surface area contributed by atoms with E-state index in [0.29, 0.717) is 29.2 Å². The van der Waals surface area contributed by atoms with E-state index in [4.69, 9.17) is 9.47 Å². The van der Waals surface area contributed by atoms with Crippen LogP contribution in [0.4, 0.5) is 0 Å². The molecule has 4 heteroatoms. The summed E-state index contributed by atoms with van der Waals surface area (Å²) < 4.78 is 10.5. The summed E-state index contributed by atoms with van der Waals surface area (Å²) in [5, 5.41) is 0. The largest absolute Gasteiger partial charge is 0.452 e. The molecule has 94 valence electrons. The van der Waals surface area contributed by atoms with Crippen LogP contribution in [0.25, 0.3) is 0 Å². The Hall–Kier alpha value is -2.10. The van der Waals surface area contributed by atoms with Gasteiger partial charge < -0.3 is 9.47 Å². The van der Waals surface area contributed by atoms with Gasteiger partial charge in [0.15, 0.2) is 5.76 Å². The standard InChI is InChI=1S/C14H14O4/c1-4-12(15)17-9-5-6-10-11(7-9)18-14(8(2)3)13(10)16/h5-7H,4H2,1-3H3. The first-order chi connectivity index (χ1) is 8.52. The number of allylic oxidation sites excluding steroid dienone is 2. The van der Waals surface area contributed by atoms with Gasteiger partial charge in [-0.3, -0.25) is 9.59 Å². The fourth-order valence-corrected chi connectivity index (χ4v) is 1.65. The van der Waals surface area contributed by atoms with Crippen LogP contribution >= 0.6 is 0 Å². The number of Topliss-reactive ketones (excluding diaryl/α,β-unsaturated/α-hetero) is 1. The Labute approximate surface area is 105 Å². The topological polar surface area (TPSA) is 52.6 Å². The molecule has 2 rings (SSSR count). The average Bonchev–Trinajstić information content (AvgIpc) is 2.66. The molecule has 0 atom stereocenters. The predicted octanol–water partition coefficient (Wildman–Crippen LogP) is 2.87. The van der Waals surface area contributed by atoms with Crippen LogP contribution in [0.3, 0.4) is 0 Å². The third-order valence-electron chi connectivity index (χ3n) is 2.59. The fourth-order valence-electron chi connectivity index (χ4n) is 1.65. The highest BCUT2D eigenvalue weighted by molar-refractivity contribution is 6.12. The molecule has 0 radical (unpaired) electrons. The Bertz CT molecular complexity index is 551. The molecule has 0 unspecified atom stereocenters. The van der Waals surface area contributed by atoms with Gasteiger partial charge in [-0.2, -0.15) is 0 Å². The van der Waals surface area contributed by atoms with Crippen LogP contribution in [0.2, 0.25) is 0 Å². The van der Waals surface area contributed by atoms with Crippen LogP contribution < -0.4 is 9.47 Å². The van der Waals surface area contributed by atoms with Crippen molar-refractivity contribution in [1.82, 2.24) is 0 Å². The van der Waals surface area contributed by atoms with Gasteiger partial charge in [-0.25, -0.2) is 0 Å². The number of esters is 1. The predicted molar refractivity (Wildman–Crippen MR) is 65.7 cm³/mol. The van der Waals surface area contributed by atoms with Gasteiger partial charge in [-0.15, -0.1) is 0 Å². The van der Waals surface area contributed by atoms with Crippen molar-refractivity contribution in [2.45, 2.75) is 27.2 Å². The van der Waals surface area contributed by atoms with E-state index in [1.54, 1.807) is 25.1 Å². The molecule has 0 fully saturated rings. The van der Waals surface area contributed by atoms with Crippen LogP contribution in [0.1, 0.15) is 37.6 Å². The second-order valence-corrected chi connectivity index (χ2v) is 4.25. The lowest BCUT2D eigenvalue weighted by atomic mass is 10.1. The first-order valence-corrected chi connectivity index (χ1v) is 5.77. The Kier molecular flexibility index (Phi) is 3.19. The molecule has 0 aliphatic carbocycles. The lowest BCUT2D eigenvalue weighted by Gasteiger charge is -2.04. The molecule has 0 saturated carbocycles. The summed E-state index contributed by atoms with van der Waals surface area (Å²) >= 11 is 0. The maximum atomic E-state index is 11.9. The van der Waals surface area contributed by atoms with E-state index in [-0.39, 0.29) is 11.8 Å². The molecule has 0 aromatic heterocycles. The highest BCUT2D eigenvalue weighted by Gasteiger charge is 2.28. The number of benzene rings is 1. The molecule has 1 aromatic rings. The number of carbonyl (C=O) groups is 2. The van der Waals surface area contributed by atoms with Crippen molar-refractivity contribution in [2.24, 2.45) is 0 Å². The maximum absolute atomic E-state index is 11.9. The zero-order chi connectivity index (χ0) is 13.3. The van der Waals surface area contributed by atoms with E-state index < -0.39 is 0 Å². The molecule has 1 aromatic carbocycles. The van der Waals surface area contributed by atoms with E-state index in [0.717, 1.165) is 5.57 Å². The third kappa shape index (κ3) is 2.14. The molecular weight excluding hydrogens is 232 g/mol. The highest BCUT2D eigenvalue weighted by Crippen LogP contribution is 2.35. The zero-order valence-electron chi connectivity index (χ0n) is 10.6. The van der Waals surface area contributed by atoms with Gasteiger partial charge >= 0.3 is 5.97 Å². The summed E-state index contributed by atoms with van der Waals surface area (Å²) in [5.74, 6) is 0.741. The van der Waals surface area contributed by atoms with Crippen molar-refractivity contribution in [1.29, 1.82) is 0 Å². The SMILES string of the molecule is CCC(=O)Oc1ccc2c(c1)OC(=C(C)C)C2=O. The number of ether oxygens (including phenoxy) is 2. The normalized spacial score (nSPS) is 13.1. The van der Waals surface area contributed by atoms with Gasteiger partial charge in [-0.1, -0.05) is 6.92 Å². The van der Waals surface area contributed by atoms with Crippen molar-refractivity contribution >= 4 is 11.8 Å². The maximum Gasteiger partial charge on any atom is 0.310 e. The first-order valence-electron chi connectivity index (χ1n) is 5.77. The summed E-state index contributed by atoms with van der Waals surface area (Å²) in [5.41, 5.74) is 1.32. The van der Waals surface area contributed by atoms with E-state index in [1.165, 1.54) is 0 Å². The van der Waals surface area contributed by atoms with Crippen molar-refractivity contribution in [2.75, 3.05) is 0 Å². The number of hydrogen-bond donors (Lipinski definition) is 0. The Morgan fingerprint density at radius 3 is 2.67 bits per heavy atom. The van der Waals surface area contributed by atoms with Crippen molar-refractivity contribution < 1.29 is 19.1 Å².